The van der Waals surface area contributed by atoms with Crippen molar-refractivity contribution in [2.45, 2.75) is 120 Å². The molecular weight excluding hydrogens is 632 g/mol. The van der Waals surface area contributed by atoms with Gasteiger partial charge in [0, 0.05) is 0 Å². The molecule has 2 aliphatic carbocycles. The van der Waals surface area contributed by atoms with Gasteiger partial charge in [-0.1, -0.05) is 123 Å². The molecule has 0 bridgehead atoms. The summed E-state index contributed by atoms with van der Waals surface area (Å²) in [6.45, 7) is 20.4. The maximum absolute atomic E-state index is 11.1. The van der Waals surface area contributed by atoms with E-state index in [1.807, 2.05) is 65.8 Å². The molecule has 4 heteroatoms. The number of hydrogen-bond acceptors (Lipinski definition) is 2. The third-order valence-corrected chi connectivity index (χ3v) is 7.93. The van der Waals surface area contributed by atoms with Crippen molar-refractivity contribution in [2.24, 2.45) is 0 Å². The Hall–Kier alpha value is -2.16. The third-order valence-electron chi connectivity index (χ3n) is 7.93. The second-order valence-electron chi connectivity index (χ2n) is 13.0. The van der Waals surface area contributed by atoms with E-state index in [0.29, 0.717) is 0 Å². The second-order valence-corrected chi connectivity index (χ2v) is 22.4. The van der Waals surface area contributed by atoms with Gasteiger partial charge in [-0.15, -0.1) is 11.5 Å². The fourth-order valence-corrected chi connectivity index (χ4v) is 6.08. The zero-order valence-electron chi connectivity index (χ0n) is 29.1. The average Bonchev–Trinajstić information content (AvgIpc) is 3.51. The zero-order chi connectivity index (χ0) is 33.0. The monoisotopic (exact) mass is 684 g/mol. The number of rotatable bonds is 0. The Morgan fingerprint density at radius 1 is 0.523 bits per heavy atom. The molecule has 2 nitrogen and oxygen atoms in total. The van der Waals surface area contributed by atoms with Crippen LogP contribution < -0.4 is 10.2 Å². The van der Waals surface area contributed by atoms with Crippen LogP contribution in [-0.2, 0) is 49.0 Å². The van der Waals surface area contributed by atoms with Crippen molar-refractivity contribution in [1.82, 2.24) is 0 Å². The largest absolute Gasteiger partial charge is 0.872 e. The Bertz CT molecular complexity index is 1300. The van der Waals surface area contributed by atoms with Crippen LogP contribution >= 0.6 is 0 Å². The van der Waals surface area contributed by atoms with E-state index < -0.39 is 0 Å². The summed E-state index contributed by atoms with van der Waals surface area (Å²) in [4.78, 5) is 0. The number of hydrogen-bond donors (Lipinski definition) is 0. The van der Waals surface area contributed by atoms with Gasteiger partial charge < -0.3 is 10.2 Å². The van der Waals surface area contributed by atoms with Gasteiger partial charge in [0.25, 0.3) is 0 Å². The van der Waals surface area contributed by atoms with Crippen molar-refractivity contribution >= 4 is 5.43 Å². The van der Waals surface area contributed by atoms with Gasteiger partial charge in [0.15, 0.2) is 0 Å². The van der Waals surface area contributed by atoms with Crippen LogP contribution in [0.5, 0.6) is 11.5 Å². The summed E-state index contributed by atoms with van der Waals surface area (Å²) in [5.41, 5.74) is 15.3. The summed E-state index contributed by atoms with van der Waals surface area (Å²) in [6, 6.07) is 17.0. The molecule has 0 spiro atoms. The SMILES string of the molecule is C[Si](C)=[Zr+2].Cc1cc(C)c([O-])c(C)c1.Cc1cc(C)c([O-])c(C)c1.Cc1cc2c([cH-]1)CCCC2.Cc1cc2c([cH-]1)CCCC2. The average molecular weight is 686 g/mol. The molecule has 0 radical (unpaired) electrons. The number of aryl methyl sites for hydroxylation is 12. The van der Waals surface area contributed by atoms with Crippen LogP contribution in [0.2, 0.25) is 13.1 Å². The molecule has 2 aliphatic rings. The Morgan fingerprint density at radius 2 is 0.795 bits per heavy atom. The maximum atomic E-state index is 11.1. The number of benzene rings is 2. The van der Waals surface area contributed by atoms with Crippen LogP contribution in [0.3, 0.4) is 0 Å². The van der Waals surface area contributed by atoms with E-state index in [4.69, 9.17) is 0 Å². The van der Waals surface area contributed by atoms with Gasteiger partial charge in [0.05, 0.1) is 0 Å². The normalized spacial score (nSPS) is 12.8. The van der Waals surface area contributed by atoms with E-state index in [2.05, 4.69) is 51.2 Å². The second kappa shape index (κ2) is 18.7. The van der Waals surface area contributed by atoms with E-state index in [1.165, 1.54) is 62.5 Å². The Balaban J connectivity index is 0.000000197. The Morgan fingerprint density at radius 3 is 1.07 bits per heavy atom. The van der Waals surface area contributed by atoms with Crippen molar-refractivity contribution in [3.63, 3.8) is 0 Å². The van der Waals surface area contributed by atoms with Crippen LogP contribution in [0.15, 0.2) is 48.5 Å². The molecule has 0 N–H and O–H groups in total. The first-order valence-electron chi connectivity index (χ1n) is 16.2. The Labute approximate surface area is 284 Å². The van der Waals surface area contributed by atoms with Crippen LogP contribution in [0.1, 0.15) is 92.4 Å². The molecule has 0 unspecified atom stereocenters. The molecule has 4 aromatic carbocycles. The molecule has 0 amide bonds. The molecule has 0 atom stereocenters. The van der Waals surface area contributed by atoms with E-state index in [1.54, 1.807) is 45.6 Å². The summed E-state index contributed by atoms with van der Waals surface area (Å²) in [7, 11) is 0. The molecule has 0 saturated carbocycles. The van der Waals surface area contributed by atoms with Gasteiger partial charge in [0.1, 0.15) is 0 Å². The molecule has 4 aromatic rings. The minimum Gasteiger partial charge on any atom is -0.872 e. The fourth-order valence-electron chi connectivity index (χ4n) is 6.08. The first kappa shape index (κ1) is 38.0. The summed E-state index contributed by atoms with van der Waals surface area (Å²) in [5.74, 6) is 0.344. The molecule has 0 saturated heterocycles. The number of fused-ring (bicyclic) bond motifs is 2. The third kappa shape index (κ3) is 13.1. The van der Waals surface area contributed by atoms with Gasteiger partial charge in [-0.05, 0) is 41.5 Å². The molecule has 44 heavy (non-hydrogen) atoms. The summed E-state index contributed by atoms with van der Waals surface area (Å²) in [6.07, 6.45) is 10.9. The van der Waals surface area contributed by atoms with Gasteiger partial charge in [-0.3, -0.25) is 0 Å². The quantitative estimate of drug-likeness (QED) is 0.137. The maximum Gasteiger partial charge on any atom is -0.0398 e. The minimum absolute atomic E-state index is 0.172. The van der Waals surface area contributed by atoms with E-state index >= 15 is 0 Å². The van der Waals surface area contributed by atoms with Crippen LogP contribution in [0.4, 0.5) is 0 Å². The molecule has 236 valence electrons. The molecule has 0 heterocycles. The van der Waals surface area contributed by atoms with E-state index in [-0.39, 0.29) is 16.9 Å². The van der Waals surface area contributed by atoms with E-state index in [9.17, 15) is 10.2 Å². The van der Waals surface area contributed by atoms with Crippen LogP contribution in [0.25, 0.3) is 0 Å². The van der Waals surface area contributed by atoms with Crippen molar-refractivity contribution in [1.29, 1.82) is 0 Å². The standard InChI is InChI=1S/2C10H13.2C9H12O.C2H6Si.Zr/c2*1-8-6-9-4-2-3-5-10(9)7-8;2*1-6-4-7(2)9(10)8(3)5-6;1-3-2;/h2*6-7H,2-5H2,1H3;2*4-5,10H,1-3H3;1-2H3;/q2*-1;;;;+2/p-2. The summed E-state index contributed by atoms with van der Waals surface area (Å²) < 4.78 is 0. The summed E-state index contributed by atoms with van der Waals surface area (Å²) in [5, 5.41) is 22.2. The first-order chi connectivity index (χ1) is 20.7. The smallest absolute Gasteiger partial charge is 0.0398 e. The van der Waals surface area contributed by atoms with Gasteiger partial charge in [-0.2, -0.15) is 45.5 Å². The predicted molar refractivity (Wildman–Crippen MR) is 185 cm³/mol. The van der Waals surface area contributed by atoms with Crippen LogP contribution in [-0.4, -0.2) is 5.43 Å². The summed E-state index contributed by atoms with van der Waals surface area (Å²) >= 11 is 1.74. The predicted octanol–water partition coefficient (Wildman–Crippen LogP) is 9.34. The van der Waals surface area contributed by atoms with Crippen molar-refractivity contribution in [3.8, 4) is 11.5 Å². The van der Waals surface area contributed by atoms with Gasteiger partial charge in [-0.25, -0.2) is 12.1 Å². The zero-order valence-corrected chi connectivity index (χ0v) is 32.6. The molecule has 0 fully saturated rings. The van der Waals surface area contributed by atoms with E-state index in [0.717, 1.165) is 33.4 Å². The molecule has 0 aliphatic heterocycles. The van der Waals surface area contributed by atoms with Crippen molar-refractivity contribution < 1.29 is 33.5 Å². The molecule has 6 rings (SSSR count). The fraction of sp³-hybridized carbons (Fsp3) is 0.450. The molecular formula is C40H54O2SiZr-2. The van der Waals surface area contributed by atoms with Crippen molar-refractivity contribution in [2.75, 3.05) is 0 Å². The minimum atomic E-state index is 0.172. The first-order valence-corrected chi connectivity index (χ1v) is 22.4. The molecule has 0 aromatic heterocycles. The van der Waals surface area contributed by atoms with Gasteiger partial charge in [0.2, 0.25) is 0 Å². The Kier molecular flexibility index (Phi) is 16.2. The topological polar surface area (TPSA) is 46.1 Å². The van der Waals surface area contributed by atoms with Crippen molar-refractivity contribution in [3.05, 3.63) is 115 Å². The van der Waals surface area contributed by atoms with Gasteiger partial charge >= 0.3 is 41.9 Å². The van der Waals surface area contributed by atoms with Crippen LogP contribution in [0, 0.1) is 55.4 Å².